The quantitative estimate of drug-likeness (QED) is 0.0307. The second-order valence-electron chi connectivity index (χ2n) is 22.6. The lowest BCUT2D eigenvalue weighted by molar-refractivity contribution is -0.162. The third kappa shape index (κ3) is 18.3. The third-order valence-electron chi connectivity index (χ3n) is 16.7. The SMILES string of the molecule is CC[C@H](C(=O)N1CCCC[C@H]1C(=O)O[C@H](CCc1ccc(OC)c(OC)c1)c1cccc(OCC(=O)NCCNC(=O)COc2cccc([C@@H](CCc3ccc(OC)c(OC)c3)OC(=O)[C@@H]3CCCCN3C(=O)[C@@H](CC)c3ccccc3)c2)c1)c1ccccc1. The molecular weight excluding hydrogens is 1140 g/mol. The first-order valence-electron chi connectivity index (χ1n) is 31.4. The molecule has 0 radical (unpaired) electrons. The van der Waals surface area contributed by atoms with Crippen molar-refractivity contribution in [1.82, 2.24) is 20.4 Å². The van der Waals surface area contributed by atoms with Crippen LogP contribution in [0, 0.1) is 0 Å². The molecule has 2 aliphatic rings. The Balaban J connectivity index is 0.857. The van der Waals surface area contributed by atoms with Crippen molar-refractivity contribution in [2.45, 2.75) is 127 Å². The van der Waals surface area contributed by atoms with Crippen molar-refractivity contribution in [2.75, 3.05) is 67.8 Å². The molecule has 8 rings (SSSR count). The second kappa shape index (κ2) is 34.1. The summed E-state index contributed by atoms with van der Waals surface area (Å²) in [6.45, 7) is 4.41. The molecule has 18 nitrogen and oxygen atoms in total. The standard InChI is InChI=1S/C72H86N4O14/c1-7-57(51-21-11-9-12-22-51)69(79)75-41-17-15-29-59(75)71(81)89-61(35-31-49-33-37-63(83-3)65(43-49)85-5)53-25-19-27-55(45-53)87-47-67(77)73-39-40-74-68(78)48-88-56-28-20-26-54(46-56)62(36-32-50-34-38-64(84-4)66(44-50)86-6)90-72(82)60-30-16-18-42-76(60)70(80)58(8-2)52-23-13-10-14-24-52/h9-14,19-28,33-34,37-38,43-46,57-62H,7-8,15-18,29-32,35-36,39-42,47-48H2,1-6H3,(H,73,77)(H,74,78)/t57-,58-,59-,60-,61+,62+/m0/s1. The monoisotopic (exact) mass is 1230 g/mol. The van der Waals surface area contributed by atoms with Crippen LogP contribution in [0.1, 0.15) is 135 Å². The highest BCUT2D eigenvalue weighted by atomic mass is 16.6. The molecule has 2 N–H and O–H groups in total. The number of benzene rings is 6. The average molecular weight is 1230 g/mol. The van der Waals surface area contributed by atoms with Crippen LogP contribution in [0.2, 0.25) is 0 Å². The summed E-state index contributed by atoms with van der Waals surface area (Å²) in [5, 5.41) is 5.55. The first-order valence-corrected chi connectivity index (χ1v) is 31.4. The van der Waals surface area contributed by atoms with Crippen LogP contribution in [0.4, 0.5) is 0 Å². The summed E-state index contributed by atoms with van der Waals surface area (Å²) in [7, 11) is 6.30. The molecule has 2 heterocycles. The lowest BCUT2D eigenvalue weighted by Crippen LogP contribution is -2.50. The molecule has 6 aromatic carbocycles. The molecule has 0 spiro atoms. The average Bonchev–Trinajstić information content (AvgIpc) is 1.43. The highest BCUT2D eigenvalue weighted by Gasteiger charge is 2.39. The molecule has 2 aliphatic heterocycles. The number of hydrogen-bond donors (Lipinski definition) is 2. The van der Waals surface area contributed by atoms with Crippen LogP contribution in [-0.2, 0) is 51.1 Å². The lowest BCUT2D eigenvalue weighted by Gasteiger charge is -2.37. The Hall–Kier alpha value is -9.06. The van der Waals surface area contributed by atoms with Gasteiger partial charge in [-0.05, 0) is 159 Å². The van der Waals surface area contributed by atoms with Crippen molar-refractivity contribution in [1.29, 1.82) is 0 Å². The molecule has 18 heteroatoms. The molecule has 478 valence electrons. The van der Waals surface area contributed by atoms with Crippen LogP contribution in [-0.4, -0.2) is 125 Å². The summed E-state index contributed by atoms with van der Waals surface area (Å²) in [4.78, 5) is 86.8. The molecule has 2 fully saturated rings. The predicted molar refractivity (Wildman–Crippen MR) is 341 cm³/mol. The smallest absolute Gasteiger partial charge is 0.329 e. The summed E-state index contributed by atoms with van der Waals surface area (Å²) in [6.07, 6.45) is 5.57. The number of carbonyl (C=O) groups excluding carboxylic acids is 6. The van der Waals surface area contributed by atoms with E-state index < -0.39 is 59.9 Å². The molecule has 0 aliphatic carbocycles. The Morgan fingerprint density at radius 2 is 0.844 bits per heavy atom. The van der Waals surface area contributed by atoms with Crippen LogP contribution >= 0.6 is 0 Å². The first kappa shape index (κ1) is 66.9. The Morgan fingerprint density at radius 1 is 0.456 bits per heavy atom. The fraction of sp³-hybridized carbons (Fsp3) is 0.417. The van der Waals surface area contributed by atoms with E-state index in [2.05, 4.69) is 10.6 Å². The number of amides is 4. The van der Waals surface area contributed by atoms with Gasteiger partial charge < -0.3 is 58.3 Å². The van der Waals surface area contributed by atoms with E-state index in [0.717, 1.165) is 47.9 Å². The van der Waals surface area contributed by atoms with Gasteiger partial charge in [0.15, 0.2) is 36.2 Å². The molecule has 4 amide bonds. The van der Waals surface area contributed by atoms with Gasteiger partial charge in [0.05, 0.1) is 40.3 Å². The molecule has 2 saturated heterocycles. The molecule has 90 heavy (non-hydrogen) atoms. The lowest BCUT2D eigenvalue weighted by atomic mass is 9.92. The number of piperidine rings is 2. The van der Waals surface area contributed by atoms with Crippen molar-refractivity contribution in [3.05, 3.63) is 179 Å². The predicted octanol–water partition coefficient (Wildman–Crippen LogP) is 11.0. The number of aryl methyl sites for hydroxylation is 2. The summed E-state index contributed by atoms with van der Waals surface area (Å²) in [6, 6.07) is 43.3. The number of nitrogens with zero attached hydrogens (tertiary/aromatic N) is 2. The van der Waals surface area contributed by atoms with E-state index in [9.17, 15) is 28.8 Å². The van der Waals surface area contributed by atoms with E-state index in [1.165, 1.54) is 0 Å². The Kier molecular flexibility index (Phi) is 25.3. The zero-order chi connectivity index (χ0) is 63.8. The minimum atomic E-state index is -0.754. The van der Waals surface area contributed by atoms with Gasteiger partial charge >= 0.3 is 11.9 Å². The van der Waals surface area contributed by atoms with Crippen LogP contribution in [0.25, 0.3) is 0 Å². The summed E-state index contributed by atoms with van der Waals surface area (Å²) >= 11 is 0. The maximum atomic E-state index is 14.4. The number of hydrogen-bond acceptors (Lipinski definition) is 14. The molecule has 0 unspecified atom stereocenters. The maximum absolute atomic E-state index is 14.4. The van der Waals surface area contributed by atoms with Gasteiger partial charge in [-0.1, -0.05) is 111 Å². The number of esters is 2. The number of likely N-dealkylation sites (tertiary alicyclic amines) is 2. The first-order chi connectivity index (χ1) is 43.8. The number of rotatable bonds is 31. The number of carbonyl (C=O) groups is 6. The van der Waals surface area contributed by atoms with Gasteiger partial charge in [0, 0.05) is 26.2 Å². The van der Waals surface area contributed by atoms with Crippen LogP contribution in [0.3, 0.4) is 0 Å². The molecule has 0 saturated carbocycles. The van der Waals surface area contributed by atoms with Gasteiger partial charge in [-0.2, -0.15) is 0 Å². The van der Waals surface area contributed by atoms with Gasteiger partial charge in [-0.25, -0.2) is 9.59 Å². The second-order valence-corrected chi connectivity index (χ2v) is 22.6. The van der Waals surface area contributed by atoms with E-state index in [0.29, 0.717) is 110 Å². The number of ether oxygens (including phenoxy) is 8. The maximum Gasteiger partial charge on any atom is 0.329 e. The van der Waals surface area contributed by atoms with E-state index in [1.807, 2.05) is 123 Å². The topological polar surface area (TPSA) is 207 Å². The van der Waals surface area contributed by atoms with Crippen molar-refractivity contribution in [3.8, 4) is 34.5 Å². The Bertz CT molecular complexity index is 3110. The van der Waals surface area contributed by atoms with Gasteiger partial charge in [0.25, 0.3) is 11.8 Å². The van der Waals surface area contributed by atoms with Crippen molar-refractivity contribution in [2.24, 2.45) is 0 Å². The minimum Gasteiger partial charge on any atom is -0.493 e. The van der Waals surface area contributed by atoms with E-state index in [4.69, 9.17) is 37.9 Å². The van der Waals surface area contributed by atoms with E-state index in [1.54, 1.807) is 74.6 Å². The van der Waals surface area contributed by atoms with Gasteiger partial charge in [0.2, 0.25) is 11.8 Å². The largest absolute Gasteiger partial charge is 0.493 e. The highest BCUT2D eigenvalue weighted by Crippen LogP contribution is 2.36. The Labute approximate surface area is 528 Å². The fourth-order valence-electron chi connectivity index (χ4n) is 11.9. The molecule has 6 atom stereocenters. The number of nitrogens with one attached hydrogen (secondary N) is 2. The number of methoxy groups -OCH3 is 4. The van der Waals surface area contributed by atoms with Crippen LogP contribution in [0.15, 0.2) is 146 Å². The molecule has 0 aromatic heterocycles. The van der Waals surface area contributed by atoms with Crippen LogP contribution < -0.4 is 39.1 Å². The van der Waals surface area contributed by atoms with E-state index in [-0.39, 0.29) is 38.1 Å². The van der Waals surface area contributed by atoms with Crippen molar-refractivity contribution < 1.29 is 66.7 Å². The summed E-state index contributed by atoms with van der Waals surface area (Å²) in [5.74, 6) is 0.299. The minimum absolute atomic E-state index is 0.0915. The van der Waals surface area contributed by atoms with E-state index >= 15 is 0 Å². The highest BCUT2D eigenvalue weighted by molar-refractivity contribution is 5.90. The van der Waals surface area contributed by atoms with Gasteiger partial charge in [-0.3, -0.25) is 19.2 Å². The van der Waals surface area contributed by atoms with Crippen LogP contribution in [0.5, 0.6) is 34.5 Å². The van der Waals surface area contributed by atoms with Crippen molar-refractivity contribution in [3.63, 3.8) is 0 Å². The third-order valence-corrected chi connectivity index (χ3v) is 16.7. The fourth-order valence-corrected chi connectivity index (χ4v) is 11.9. The zero-order valence-electron chi connectivity index (χ0n) is 52.7. The van der Waals surface area contributed by atoms with Crippen molar-refractivity contribution >= 4 is 35.6 Å². The van der Waals surface area contributed by atoms with Gasteiger partial charge in [0.1, 0.15) is 35.8 Å². The molecule has 0 bridgehead atoms. The molecule has 6 aromatic rings. The normalized spacial score (nSPS) is 16.0. The Morgan fingerprint density at radius 3 is 1.22 bits per heavy atom. The van der Waals surface area contributed by atoms with Gasteiger partial charge in [-0.15, -0.1) is 0 Å². The molecular formula is C72H86N4O14. The zero-order valence-corrected chi connectivity index (χ0v) is 52.7. The summed E-state index contributed by atoms with van der Waals surface area (Å²) in [5.41, 5.74) is 4.98. The summed E-state index contributed by atoms with van der Waals surface area (Å²) < 4.78 is 46.8.